The Morgan fingerprint density at radius 2 is 2.15 bits per heavy atom. The molecule has 2 aromatic heterocycles. The van der Waals surface area contributed by atoms with Gasteiger partial charge in [-0.1, -0.05) is 24.3 Å². The van der Waals surface area contributed by atoms with E-state index in [0.717, 1.165) is 21.6 Å². The van der Waals surface area contributed by atoms with Crippen LogP contribution in [0.25, 0.3) is 11.0 Å². The molecule has 3 rings (SSSR count). The molecule has 0 aliphatic carbocycles. The van der Waals surface area contributed by atoms with Crippen molar-refractivity contribution in [2.45, 2.75) is 19.4 Å². The van der Waals surface area contributed by atoms with Gasteiger partial charge in [0.05, 0.1) is 12.5 Å². The Morgan fingerprint density at radius 1 is 1.30 bits per heavy atom. The summed E-state index contributed by atoms with van der Waals surface area (Å²) in [5, 5.41) is 6.00. The Balaban J connectivity index is 1.69. The van der Waals surface area contributed by atoms with Crippen molar-refractivity contribution in [2.24, 2.45) is 0 Å². The van der Waals surface area contributed by atoms with Crippen molar-refractivity contribution in [1.29, 1.82) is 0 Å². The maximum Gasteiger partial charge on any atom is 0.225 e. The van der Waals surface area contributed by atoms with E-state index in [-0.39, 0.29) is 11.9 Å². The number of amides is 1. The molecule has 0 radical (unpaired) electrons. The van der Waals surface area contributed by atoms with Gasteiger partial charge in [0.25, 0.3) is 0 Å². The highest BCUT2D eigenvalue weighted by Gasteiger charge is 2.14. The minimum atomic E-state index is -0.130. The van der Waals surface area contributed by atoms with Gasteiger partial charge in [-0.05, 0) is 30.5 Å². The molecule has 3 aromatic rings. The Hall–Kier alpha value is -2.07. The lowest BCUT2D eigenvalue weighted by atomic mass is 10.2. The SMILES string of the molecule is C[C@@H](NC(=O)Cc1cccs1)c1cc2ccccc2o1. The average molecular weight is 285 g/mol. The van der Waals surface area contributed by atoms with E-state index in [4.69, 9.17) is 4.42 Å². The molecule has 1 N–H and O–H groups in total. The van der Waals surface area contributed by atoms with Crippen molar-refractivity contribution in [3.05, 3.63) is 58.5 Å². The van der Waals surface area contributed by atoms with Gasteiger partial charge in [0.2, 0.25) is 5.91 Å². The summed E-state index contributed by atoms with van der Waals surface area (Å²) in [6.07, 6.45) is 0.419. The maximum atomic E-state index is 12.0. The van der Waals surface area contributed by atoms with Gasteiger partial charge < -0.3 is 9.73 Å². The molecule has 0 fully saturated rings. The Bertz CT molecular complexity index is 682. The second kappa shape index (κ2) is 5.51. The second-order valence-corrected chi connectivity index (χ2v) is 5.76. The highest BCUT2D eigenvalue weighted by atomic mass is 32.1. The smallest absolute Gasteiger partial charge is 0.225 e. The normalized spacial score (nSPS) is 12.4. The van der Waals surface area contributed by atoms with E-state index in [1.807, 2.05) is 54.8 Å². The predicted octanol–water partition coefficient (Wildman–Crippen LogP) is 3.91. The monoisotopic (exact) mass is 285 g/mol. The fraction of sp³-hybridized carbons (Fsp3) is 0.188. The minimum Gasteiger partial charge on any atom is -0.459 e. The van der Waals surface area contributed by atoms with E-state index in [9.17, 15) is 4.79 Å². The van der Waals surface area contributed by atoms with Gasteiger partial charge in [-0.3, -0.25) is 4.79 Å². The Morgan fingerprint density at radius 3 is 2.90 bits per heavy atom. The fourth-order valence-corrected chi connectivity index (χ4v) is 2.85. The quantitative estimate of drug-likeness (QED) is 0.789. The summed E-state index contributed by atoms with van der Waals surface area (Å²) in [7, 11) is 0. The Kier molecular flexibility index (Phi) is 3.56. The molecule has 1 amide bonds. The van der Waals surface area contributed by atoms with Crippen molar-refractivity contribution in [3.8, 4) is 0 Å². The molecule has 4 heteroatoms. The lowest BCUT2D eigenvalue weighted by Crippen LogP contribution is -2.27. The number of carbonyl (C=O) groups is 1. The van der Waals surface area contributed by atoms with Gasteiger partial charge in [-0.2, -0.15) is 0 Å². The number of rotatable bonds is 4. The number of fused-ring (bicyclic) bond motifs is 1. The van der Waals surface area contributed by atoms with Crippen molar-refractivity contribution in [1.82, 2.24) is 5.32 Å². The maximum absolute atomic E-state index is 12.0. The van der Waals surface area contributed by atoms with Crippen LogP contribution in [-0.4, -0.2) is 5.91 Å². The number of hydrogen-bond donors (Lipinski definition) is 1. The first-order valence-electron chi connectivity index (χ1n) is 6.52. The van der Waals surface area contributed by atoms with Crippen molar-refractivity contribution >= 4 is 28.2 Å². The van der Waals surface area contributed by atoms with Crippen LogP contribution >= 0.6 is 11.3 Å². The van der Waals surface area contributed by atoms with Crippen LogP contribution in [0, 0.1) is 0 Å². The molecule has 102 valence electrons. The van der Waals surface area contributed by atoms with Gasteiger partial charge in [-0.25, -0.2) is 0 Å². The number of nitrogens with one attached hydrogen (secondary N) is 1. The molecular weight excluding hydrogens is 270 g/mol. The molecule has 2 heterocycles. The molecule has 0 saturated heterocycles. The summed E-state index contributed by atoms with van der Waals surface area (Å²) in [5.74, 6) is 0.797. The number of furan rings is 1. The number of para-hydroxylation sites is 1. The first-order chi connectivity index (χ1) is 9.72. The summed E-state index contributed by atoms with van der Waals surface area (Å²) in [4.78, 5) is 13.0. The van der Waals surface area contributed by atoms with Gasteiger partial charge in [0, 0.05) is 10.3 Å². The number of benzene rings is 1. The van der Waals surface area contributed by atoms with Crippen molar-refractivity contribution in [3.63, 3.8) is 0 Å². The standard InChI is InChI=1S/C16H15NO2S/c1-11(17-16(18)10-13-6-4-8-20-13)15-9-12-5-2-3-7-14(12)19-15/h2-9,11H,10H2,1H3,(H,17,18)/t11-/m1/s1. The van der Waals surface area contributed by atoms with Crippen molar-refractivity contribution in [2.75, 3.05) is 0 Å². The zero-order valence-corrected chi connectivity index (χ0v) is 11.9. The second-order valence-electron chi connectivity index (χ2n) is 4.73. The number of hydrogen-bond acceptors (Lipinski definition) is 3. The first kappa shape index (κ1) is 12.9. The molecule has 0 unspecified atom stereocenters. The molecule has 0 spiro atoms. The third-order valence-electron chi connectivity index (χ3n) is 3.16. The van der Waals surface area contributed by atoms with E-state index in [1.54, 1.807) is 11.3 Å². The number of carbonyl (C=O) groups excluding carboxylic acids is 1. The van der Waals surface area contributed by atoms with Crippen LogP contribution in [0.15, 0.2) is 52.3 Å². The van der Waals surface area contributed by atoms with Gasteiger partial charge >= 0.3 is 0 Å². The highest BCUT2D eigenvalue weighted by Crippen LogP contribution is 2.23. The third-order valence-corrected chi connectivity index (χ3v) is 4.04. The summed E-state index contributed by atoms with van der Waals surface area (Å²) < 4.78 is 5.75. The lowest BCUT2D eigenvalue weighted by Gasteiger charge is -2.10. The topological polar surface area (TPSA) is 42.2 Å². The van der Waals surface area contributed by atoms with Crippen LogP contribution in [0.3, 0.4) is 0 Å². The molecule has 20 heavy (non-hydrogen) atoms. The molecular formula is C16H15NO2S. The lowest BCUT2D eigenvalue weighted by molar-refractivity contribution is -0.121. The average Bonchev–Trinajstić information content (AvgIpc) is 3.06. The van der Waals surface area contributed by atoms with E-state index in [0.29, 0.717) is 6.42 Å². The summed E-state index contributed by atoms with van der Waals surface area (Å²) in [6.45, 7) is 1.93. The summed E-state index contributed by atoms with van der Waals surface area (Å²) >= 11 is 1.59. The van der Waals surface area contributed by atoms with Crippen LogP contribution < -0.4 is 5.32 Å². The molecule has 3 nitrogen and oxygen atoms in total. The molecule has 0 aliphatic rings. The first-order valence-corrected chi connectivity index (χ1v) is 7.40. The van der Waals surface area contributed by atoms with E-state index >= 15 is 0 Å². The van der Waals surface area contributed by atoms with Crippen LogP contribution in [0.4, 0.5) is 0 Å². The summed E-state index contributed by atoms with van der Waals surface area (Å²) in [5.41, 5.74) is 0.849. The zero-order chi connectivity index (χ0) is 13.9. The predicted molar refractivity (Wildman–Crippen MR) is 80.8 cm³/mol. The third kappa shape index (κ3) is 2.75. The fourth-order valence-electron chi connectivity index (χ4n) is 2.15. The van der Waals surface area contributed by atoms with Gasteiger partial charge in [0.1, 0.15) is 11.3 Å². The van der Waals surface area contributed by atoms with E-state index in [1.165, 1.54) is 0 Å². The van der Waals surface area contributed by atoms with Crippen LogP contribution in [0.1, 0.15) is 23.6 Å². The van der Waals surface area contributed by atoms with E-state index < -0.39 is 0 Å². The number of thiophene rings is 1. The van der Waals surface area contributed by atoms with Gasteiger partial charge in [-0.15, -0.1) is 11.3 Å². The highest BCUT2D eigenvalue weighted by molar-refractivity contribution is 7.10. The zero-order valence-electron chi connectivity index (χ0n) is 11.1. The molecule has 0 bridgehead atoms. The van der Waals surface area contributed by atoms with Crippen molar-refractivity contribution < 1.29 is 9.21 Å². The largest absolute Gasteiger partial charge is 0.459 e. The summed E-state index contributed by atoms with van der Waals surface area (Å²) in [6, 6.07) is 13.6. The van der Waals surface area contributed by atoms with Crippen LogP contribution in [-0.2, 0) is 11.2 Å². The Labute approximate surface area is 121 Å². The molecule has 0 aliphatic heterocycles. The molecule has 1 aromatic carbocycles. The van der Waals surface area contributed by atoms with Crippen LogP contribution in [0.5, 0.6) is 0 Å². The molecule has 1 atom stereocenters. The molecule has 0 saturated carbocycles. The van der Waals surface area contributed by atoms with Crippen LogP contribution in [0.2, 0.25) is 0 Å². The minimum absolute atomic E-state index is 0.0143. The van der Waals surface area contributed by atoms with Gasteiger partial charge in [0.15, 0.2) is 0 Å². The van der Waals surface area contributed by atoms with E-state index in [2.05, 4.69) is 5.32 Å².